The Morgan fingerprint density at radius 1 is 1.33 bits per heavy atom. The van der Waals surface area contributed by atoms with Crippen LogP contribution in [0.25, 0.3) is 0 Å². The maximum atomic E-state index is 8.57. The third kappa shape index (κ3) is 4.04. The Hall–Kier alpha value is -0.120. The lowest BCUT2D eigenvalue weighted by molar-refractivity contribution is 0.288. The molecule has 0 aliphatic carbocycles. The van der Waals surface area contributed by atoms with E-state index in [2.05, 4.69) is 10.6 Å². The Kier molecular flexibility index (Phi) is 5.32. The Morgan fingerprint density at radius 3 is 3.08 bits per heavy atom. The van der Waals surface area contributed by atoms with Crippen molar-refractivity contribution in [1.29, 1.82) is 0 Å². The van der Waals surface area contributed by atoms with Crippen molar-refractivity contribution in [2.75, 3.05) is 26.2 Å². The van der Waals surface area contributed by atoms with Crippen LogP contribution in [0.15, 0.2) is 0 Å². The predicted molar refractivity (Wildman–Crippen MR) is 50.2 cm³/mol. The van der Waals surface area contributed by atoms with Crippen LogP contribution >= 0.6 is 0 Å². The fraction of sp³-hybridized carbons (Fsp3) is 1.00. The molecule has 1 rings (SSSR count). The molecule has 0 bridgehead atoms. The van der Waals surface area contributed by atoms with Gasteiger partial charge in [0.2, 0.25) is 0 Å². The normalized spacial score (nSPS) is 25.2. The highest BCUT2D eigenvalue weighted by Crippen LogP contribution is 2.07. The second-order valence-corrected chi connectivity index (χ2v) is 3.43. The van der Waals surface area contributed by atoms with Crippen molar-refractivity contribution in [3.05, 3.63) is 0 Å². The van der Waals surface area contributed by atoms with Crippen LogP contribution in [0.5, 0.6) is 0 Å². The molecule has 1 fully saturated rings. The summed E-state index contributed by atoms with van der Waals surface area (Å²) in [6.45, 7) is 3.12. The fourth-order valence-electron chi connectivity index (χ4n) is 1.63. The first kappa shape index (κ1) is 9.96. The van der Waals surface area contributed by atoms with E-state index in [9.17, 15) is 0 Å². The average molecular weight is 172 g/mol. The Labute approximate surface area is 74.5 Å². The Bertz CT molecular complexity index is 101. The average Bonchev–Trinajstić information content (AvgIpc) is 2.33. The minimum atomic E-state index is 0.243. The summed E-state index contributed by atoms with van der Waals surface area (Å²) in [6, 6.07) is 0.624. The summed E-state index contributed by atoms with van der Waals surface area (Å²) in [5.41, 5.74) is 0. The largest absolute Gasteiger partial charge is 0.395 e. The maximum Gasteiger partial charge on any atom is 0.0555 e. The SMILES string of the molecule is OCCNCC1CCCCCN1. The third-order valence-corrected chi connectivity index (χ3v) is 2.34. The van der Waals surface area contributed by atoms with E-state index in [1.54, 1.807) is 0 Å². The zero-order valence-electron chi connectivity index (χ0n) is 7.68. The van der Waals surface area contributed by atoms with Crippen molar-refractivity contribution in [3.8, 4) is 0 Å². The van der Waals surface area contributed by atoms with E-state index >= 15 is 0 Å². The summed E-state index contributed by atoms with van der Waals surface area (Å²) in [4.78, 5) is 0. The summed E-state index contributed by atoms with van der Waals surface area (Å²) in [5.74, 6) is 0. The van der Waals surface area contributed by atoms with E-state index in [0.29, 0.717) is 6.04 Å². The molecule has 72 valence electrons. The van der Waals surface area contributed by atoms with E-state index in [1.165, 1.54) is 25.7 Å². The van der Waals surface area contributed by atoms with Crippen LogP contribution in [0.2, 0.25) is 0 Å². The fourth-order valence-corrected chi connectivity index (χ4v) is 1.63. The molecule has 1 saturated heterocycles. The molecule has 0 aromatic rings. The number of aliphatic hydroxyl groups excluding tert-OH is 1. The molecule has 0 saturated carbocycles. The van der Waals surface area contributed by atoms with Crippen LogP contribution in [0.1, 0.15) is 25.7 Å². The standard InChI is InChI=1S/C9H20N2O/c12-7-6-10-8-9-4-2-1-3-5-11-9/h9-12H,1-8H2. The first-order chi connectivity index (χ1) is 5.93. The van der Waals surface area contributed by atoms with Crippen LogP contribution in [0.4, 0.5) is 0 Å². The van der Waals surface area contributed by atoms with Crippen molar-refractivity contribution in [1.82, 2.24) is 10.6 Å². The van der Waals surface area contributed by atoms with Crippen LogP contribution < -0.4 is 10.6 Å². The second-order valence-electron chi connectivity index (χ2n) is 3.43. The van der Waals surface area contributed by atoms with Crippen molar-refractivity contribution in [2.24, 2.45) is 0 Å². The highest BCUT2D eigenvalue weighted by Gasteiger charge is 2.09. The molecule has 3 heteroatoms. The maximum absolute atomic E-state index is 8.57. The molecular weight excluding hydrogens is 152 g/mol. The third-order valence-electron chi connectivity index (χ3n) is 2.34. The van der Waals surface area contributed by atoms with E-state index in [0.717, 1.165) is 19.6 Å². The molecule has 12 heavy (non-hydrogen) atoms. The van der Waals surface area contributed by atoms with Crippen molar-refractivity contribution in [3.63, 3.8) is 0 Å². The van der Waals surface area contributed by atoms with Crippen molar-refractivity contribution >= 4 is 0 Å². The minimum Gasteiger partial charge on any atom is -0.395 e. The van der Waals surface area contributed by atoms with Gasteiger partial charge >= 0.3 is 0 Å². The van der Waals surface area contributed by atoms with E-state index in [1.807, 2.05) is 0 Å². The molecule has 0 amide bonds. The lowest BCUT2D eigenvalue weighted by Crippen LogP contribution is -2.38. The molecule has 1 aliphatic heterocycles. The van der Waals surface area contributed by atoms with Crippen LogP contribution in [-0.2, 0) is 0 Å². The van der Waals surface area contributed by atoms with Crippen molar-refractivity contribution < 1.29 is 5.11 Å². The Morgan fingerprint density at radius 2 is 2.25 bits per heavy atom. The van der Waals surface area contributed by atoms with Crippen LogP contribution in [-0.4, -0.2) is 37.4 Å². The summed E-state index contributed by atoms with van der Waals surface area (Å²) >= 11 is 0. The predicted octanol–water partition coefficient (Wildman–Crippen LogP) is 0.100. The number of aliphatic hydroxyl groups is 1. The highest BCUT2D eigenvalue weighted by atomic mass is 16.3. The van der Waals surface area contributed by atoms with Gasteiger partial charge in [0.1, 0.15) is 0 Å². The van der Waals surface area contributed by atoms with E-state index in [4.69, 9.17) is 5.11 Å². The molecule has 0 aromatic heterocycles. The van der Waals surface area contributed by atoms with Gasteiger partial charge < -0.3 is 15.7 Å². The summed E-state index contributed by atoms with van der Waals surface area (Å²) in [7, 11) is 0. The van der Waals surface area contributed by atoms with Crippen molar-refractivity contribution in [2.45, 2.75) is 31.7 Å². The molecule has 1 aliphatic rings. The van der Waals surface area contributed by atoms with E-state index < -0.39 is 0 Å². The van der Waals surface area contributed by atoms with Gasteiger partial charge in [-0.3, -0.25) is 0 Å². The quantitative estimate of drug-likeness (QED) is 0.527. The molecule has 1 unspecified atom stereocenters. The first-order valence-corrected chi connectivity index (χ1v) is 4.98. The zero-order valence-corrected chi connectivity index (χ0v) is 7.68. The molecular formula is C9H20N2O. The summed E-state index contributed by atoms with van der Waals surface area (Å²) in [5, 5.41) is 15.3. The number of hydrogen-bond donors (Lipinski definition) is 3. The zero-order chi connectivity index (χ0) is 8.65. The van der Waals surface area contributed by atoms with Gasteiger partial charge in [-0.1, -0.05) is 12.8 Å². The lowest BCUT2D eigenvalue weighted by atomic mass is 10.1. The number of nitrogens with one attached hydrogen (secondary N) is 2. The second kappa shape index (κ2) is 6.40. The first-order valence-electron chi connectivity index (χ1n) is 4.98. The van der Waals surface area contributed by atoms with Gasteiger partial charge in [0.05, 0.1) is 6.61 Å². The minimum absolute atomic E-state index is 0.243. The van der Waals surface area contributed by atoms with Gasteiger partial charge in [-0.05, 0) is 19.4 Å². The van der Waals surface area contributed by atoms with Gasteiger partial charge in [0.25, 0.3) is 0 Å². The van der Waals surface area contributed by atoms with Gasteiger partial charge in [-0.15, -0.1) is 0 Å². The van der Waals surface area contributed by atoms with Gasteiger partial charge in [-0.25, -0.2) is 0 Å². The molecule has 0 radical (unpaired) electrons. The van der Waals surface area contributed by atoms with Crippen LogP contribution in [0.3, 0.4) is 0 Å². The molecule has 1 atom stereocenters. The molecule has 3 nitrogen and oxygen atoms in total. The Balaban J connectivity index is 2.04. The van der Waals surface area contributed by atoms with Gasteiger partial charge in [-0.2, -0.15) is 0 Å². The highest BCUT2D eigenvalue weighted by molar-refractivity contribution is 4.72. The summed E-state index contributed by atoms with van der Waals surface area (Å²) in [6.07, 6.45) is 5.30. The van der Waals surface area contributed by atoms with Crippen LogP contribution in [0, 0.1) is 0 Å². The van der Waals surface area contributed by atoms with Gasteiger partial charge in [0.15, 0.2) is 0 Å². The molecule has 0 spiro atoms. The smallest absolute Gasteiger partial charge is 0.0555 e. The summed E-state index contributed by atoms with van der Waals surface area (Å²) < 4.78 is 0. The molecule has 3 N–H and O–H groups in total. The molecule has 1 heterocycles. The monoisotopic (exact) mass is 172 g/mol. The van der Waals surface area contributed by atoms with Gasteiger partial charge in [0, 0.05) is 19.1 Å². The number of rotatable bonds is 4. The number of hydrogen-bond acceptors (Lipinski definition) is 3. The topological polar surface area (TPSA) is 44.3 Å². The molecule has 0 aromatic carbocycles. The lowest BCUT2D eigenvalue weighted by Gasteiger charge is -2.15. The van der Waals surface area contributed by atoms with E-state index in [-0.39, 0.29) is 6.61 Å².